The van der Waals surface area contributed by atoms with Crippen molar-refractivity contribution in [2.45, 2.75) is 19.3 Å². The van der Waals surface area contributed by atoms with Crippen LogP contribution in [0, 0.1) is 0 Å². The van der Waals surface area contributed by atoms with Crippen molar-refractivity contribution in [3.8, 4) is 0 Å². The lowest BCUT2D eigenvalue weighted by Gasteiger charge is -2.29. The highest BCUT2D eigenvalue weighted by Gasteiger charge is 2.32. The Morgan fingerprint density at radius 2 is 1.50 bits per heavy atom. The van der Waals surface area contributed by atoms with Crippen LogP contribution < -0.4 is 0 Å². The van der Waals surface area contributed by atoms with Crippen LogP contribution in [-0.4, -0.2) is 16.7 Å². The molecule has 0 heterocycles. The predicted octanol–water partition coefficient (Wildman–Crippen LogP) is 2.48. The molecule has 0 spiro atoms. The fraction of sp³-hybridized carbons (Fsp3) is 0.200. The molecule has 0 saturated carbocycles. The number of rotatable bonds is 2. The minimum absolute atomic E-state index is 0.131. The van der Waals surface area contributed by atoms with Gasteiger partial charge in [-0.05, 0) is 11.6 Å². The number of ketones is 2. The Morgan fingerprint density at radius 3 is 2.11 bits per heavy atom. The van der Waals surface area contributed by atoms with Crippen LogP contribution in [-0.2, 0) is 15.0 Å². The van der Waals surface area contributed by atoms with Gasteiger partial charge in [0.2, 0.25) is 11.6 Å². The normalized spacial score (nSPS) is 16.3. The van der Waals surface area contributed by atoms with E-state index in [0.29, 0.717) is 5.57 Å². The van der Waals surface area contributed by atoms with E-state index in [1.54, 1.807) is 0 Å². The van der Waals surface area contributed by atoms with Crippen molar-refractivity contribution in [2.24, 2.45) is 0 Å². The van der Waals surface area contributed by atoms with Gasteiger partial charge in [0.25, 0.3) is 0 Å². The number of carbonyl (C=O) groups is 2. The molecule has 0 fully saturated rings. The maximum absolute atomic E-state index is 11.4. The van der Waals surface area contributed by atoms with E-state index in [4.69, 9.17) is 0 Å². The molecule has 0 unspecified atom stereocenters. The minimum atomic E-state index is -0.680. The van der Waals surface area contributed by atoms with Gasteiger partial charge in [-0.1, -0.05) is 44.2 Å². The molecule has 0 bridgehead atoms. The topological polar surface area (TPSA) is 54.4 Å². The van der Waals surface area contributed by atoms with E-state index in [1.807, 2.05) is 44.2 Å². The van der Waals surface area contributed by atoms with Gasteiger partial charge in [0.15, 0.2) is 0 Å². The molecule has 1 N–H and O–H groups in total. The van der Waals surface area contributed by atoms with Crippen molar-refractivity contribution < 1.29 is 14.7 Å². The number of allylic oxidation sites excluding steroid dienone is 3. The number of aliphatic hydroxyl groups is 1. The van der Waals surface area contributed by atoms with Gasteiger partial charge in [0, 0.05) is 17.1 Å². The first-order valence-electron chi connectivity index (χ1n) is 5.70. The van der Waals surface area contributed by atoms with Gasteiger partial charge in [0.1, 0.15) is 5.76 Å². The molecule has 0 radical (unpaired) electrons. The molecule has 1 aliphatic rings. The third kappa shape index (κ3) is 1.99. The third-order valence-electron chi connectivity index (χ3n) is 3.23. The number of aliphatic hydroxyl groups excluding tert-OH is 1. The summed E-state index contributed by atoms with van der Waals surface area (Å²) in [7, 11) is 0. The van der Waals surface area contributed by atoms with E-state index in [0.717, 1.165) is 11.6 Å². The first kappa shape index (κ1) is 12.3. The second-order valence-corrected chi connectivity index (χ2v) is 4.81. The van der Waals surface area contributed by atoms with Crippen LogP contribution in [0.1, 0.15) is 19.4 Å². The molecule has 2 rings (SSSR count). The van der Waals surface area contributed by atoms with Gasteiger partial charge < -0.3 is 5.11 Å². The summed E-state index contributed by atoms with van der Waals surface area (Å²) in [5.74, 6) is -1.40. The Morgan fingerprint density at radius 1 is 0.944 bits per heavy atom. The molecule has 0 atom stereocenters. The van der Waals surface area contributed by atoms with Crippen molar-refractivity contribution in [1.82, 2.24) is 0 Å². The standard InChI is InChI=1S/C15H14O3/c1-15(2,10-6-4-3-5-7-10)11-8-13(17)14(18)9-12(11)16/h3-9,16H,1-2H3. The maximum Gasteiger partial charge on any atom is 0.229 e. The molecule has 0 amide bonds. The largest absolute Gasteiger partial charge is 0.507 e. The highest BCUT2D eigenvalue weighted by Crippen LogP contribution is 2.35. The first-order valence-corrected chi connectivity index (χ1v) is 5.70. The number of hydrogen-bond acceptors (Lipinski definition) is 3. The molecule has 92 valence electrons. The Labute approximate surface area is 105 Å². The van der Waals surface area contributed by atoms with Gasteiger partial charge in [-0.25, -0.2) is 0 Å². The van der Waals surface area contributed by atoms with Crippen LogP contribution >= 0.6 is 0 Å². The molecule has 0 aliphatic heterocycles. The lowest BCUT2D eigenvalue weighted by molar-refractivity contribution is -0.131. The number of carbonyl (C=O) groups excluding carboxylic acids is 2. The Hall–Kier alpha value is -2.16. The minimum Gasteiger partial charge on any atom is -0.507 e. The van der Waals surface area contributed by atoms with E-state index in [9.17, 15) is 14.7 Å². The maximum atomic E-state index is 11.4. The molecule has 3 heteroatoms. The summed E-state index contributed by atoms with van der Waals surface area (Å²) >= 11 is 0. The van der Waals surface area contributed by atoms with Gasteiger partial charge in [0.05, 0.1) is 0 Å². The van der Waals surface area contributed by atoms with Crippen molar-refractivity contribution in [1.29, 1.82) is 0 Å². The summed E-state index contributed by atoms with van der Waals surface area (Å²) in [6, 6.07) is 9.55. The summed E-state index contributed by atoms with van der Waals surface area (Å²) in [6.07, 6.45) is 2.22. The Kier molecular flexibility index (Phi) is 2.91. The zero-order chi connectivity index (χ0) is 13.3. The Balaban J connectivity index is 2.49. The van der Waals surface area contributed by atoms with Crippen LogP contribution in [0.3, 0.4) is 0 Å². The van der Waals surface area contributed by atoms with Crippen molar-refractivity contribution in [2.75, 3.05) is 0 Å². The van der Waals surface area contributed by atoms with E-state index in [1.165, 1.54) is 6.08 Å². The molecule has 0 saturated heterocycles. The third-order valence-corrected chi connectivity index (χ3v) is 3.23. The zero-order valence-corrected chi connectivity index (χ0v) is 10.3. The molecule has 0 aromatic heterocycles. The number of benzene rings is 1. The van der Waals surface area contributed by atoms with E-state index >= 15 is 0 Å². The molecule has 18 heavy (non-hydrogen) atoms. The van der Waals surface area contributed by atoms with Crippen LogP contribution in [0.25, 0.3) is 0 Å². The monoisotopic (exact) mass is 242 g/mol. The molecule has 3 nitrogen and oxygen atoms in total. The van der Waals surface area contributed by atoms with Crippen molar-refractivity contribution in [3.05, 3.63) is 59.4 Å². The smallest absolute Gasteiger partial charge is 0.229 e. The lowest BCUT2D eigenvalue weighted by Crippen LogP contribution is -2.27. The Bertz CT molecular complexity index is 563. The fourth-order valence-corrected chi connectivity index (χ4v) is 2.06. The summed E-state index contributed by atoms with van der Waals surface area (Å²) in [5, 5.41) is 9.87. The summed E-state index contributed by atoms with van der Waals surface area (Å²) < 4.78 is 0. The van der Waals surface area contributed by atoms with Gasteiger partial charge in [-0.15, -0.1) is 0 Å². The van der Waals surface area contributed by atoms with Crippen molar-refractivity contribution in [3.63, 3.8) is 0 Å². The number of hydrogen-bond donors (Lipinski definition) is 1. The summed E-state index contributed by atoms with van der Waals surface area (Å²) in [6.45, 7) is 3.81. The average Bonchev–Trinajstić information content (AvgIpc) is 2.34. The fourth-order valence-electron chi connectivity index (χ4n) is 2.06. The summed E-state index contributed by atoms with van der Waals surface area (Å²) in [4.78, 5) is 22.6. The molecular formula is C15H14O3. The van der Waals surface area contributed by atoms with E-state index < -0.39 is 17.0 Å². The second-order valence-electron chi connectivity index (χ2n) is 4.81. The predicted molar refractivity (Wildman–Crippen MR) is 68.3 cm³/mol. The van der Waals surface area contributed by atoms with Gasteiger partial charge in [-0.3, -0.25) is 9.59 Å². The van der Waals surface area contributed by atoms with Crippen LogP contribution in [0.2, 0.25) is 0 Å². The van der Waals surface area contributed by atoms with E-state index in [2.05, 4.69) is 0 Å². The zero-order valence-electron chi connectivity index (χ0n) is 10.3. The SMILES string of the molecule is CC(C)(C1=CC(=O)C(=O)C=C1O)c1ccccc1. The highest BCUT2D eigenvalue weighted by atomic mass is 16.3. The first-order chi connectivity index (χ1) is 8.43. The van der Waals surface area contributed by atoms with Crippen LogP contribution in [0.4, 0.5) is 0 Å². The second kappa shape index (κ2) is 4.26. The average molecular weight is 242 g/mol. The highest BCUT2D eigenvalue weighted by molar-refractivity contribution is 6.46. The van der Waals surface area contributed by atoms with E-state index in [-0.39, 0.29) is 5.76 Å². The van der Waals surface area contributed by atoms with Crippen LogP contribution in [0.5, 0.6) is 0 Å². The summed E-state index contributed by atoms with van der Waals surface area (Å²) in [5.41, 5.74) is 0.912. The molecule has 1 aromatic rings. The molecule has 1 aromatic carbocycles. The van der Waals surface area contributed by atoms with Crippen molar-refractivity contribution >= 4 is 11.6 Å². The quantitative estimate of drug-likeness (QED) is 0.640. The van der Waals surface area contributed by atoms with Crippen LogP contribution in [0.15, 0.2) is 53.8 Å². The van der Waals surface area contributed by atoms with Gasteiger partial charge in [-0.2, -0.15) is 0 Å². The van der Waals surface area contributed by atoms with Gasteiger partial charge >= 0.3 is 0 Å². The lowest BCUT2D eigenvalue weighted by atomic mass is 9.75. The molecule has 1 aliphatic carbocycles. The molecular weight excluding hydrogens is 228 g/mol.